The summed E-state index contributed by atoms with van der Waals surface area (Å²) in [6.45, 7) is 2.32. The Morgan fingerprint density at radius 3 is 2.55 bits per heavy atom. The molecule has 0 saturated heterocycles. The number of hydrogen-bond acceptors (Lipinski definition) is 7. The van der Waals surface area contributed by atoms with Crippen molar-refractivity contribution in [3.05, 3.63) is 117 Å². The highest BCUT2D eigenvalue weighted by atomic mass is 35.5. The molecule has 210 valence electrons. The van der Waals surface area contributed by atoms with Gasteiger partial charge in [-0.2, -0.15) is 9.78 Å². The third-order valence-electron chi connectivity index (χ3n) is 6.76. The highest BCUT2D eigenvalue weighted by Crippen LogP contribution is 2.35. The van der Waals surface area contributed by atoms with Gasteiger partial charge in [-0.25, -0.2) is 4.98 Å². The average molecular weight is 580 g/mol. The fraction of sp³-hybridized carbons (Fsp3) is 0.121. The Kier molecular flexibility index (Phi) is 7.37. The molecule has 0 spiro atoms. The number of rotatable bonds is 8. The number of methoxy groups -OCH3 is 2. The van der Waals surface area contributed by atoms with E-state index in [2.05, 4.69) is 5.10 Å². The van der Waals surface area contributed by atoms with Crippen molar-refractivity contribution < 1.29 is 18.6 Å². The maximum Gasteiger partial charge on any atom is 0.282 e. The maximum absolute atomic E-state index is 13.8. The van der Waals surface area contributed by atoms with E-state index in [0.717, 1.165) is 16.5 Å². The van der Waals surface area contributed by atoms with Crippen LogP contribution in [0.1, 0.15) is 16.7 Å². The molecule has 0 bridgehead atoms. The molecule has 0 aliphatic heterocycles. The number of nitrogens with zero attached hydrogens (tertiary/aromatic N) is 3. The van der Waals surface area contributed by atoms with Crippen LogP contribution in [-0.2, 0) is 6.61 Å². The van der Waals surface area contributed by atoms with E-state index >= 15 is 0 Å². The number of halogens is 1. The zero-order valence-corrected chi connectivity index (χ0v) is 23.9. The molecular weight excluding hydrogens is 554 g/mol. The minimum absolute atomic E-state index is 0.226. The second-order valence-corrected chi connectivity index (χ2v) is 10.0. The van der Waals surface area contributed by atoms with Crippen molar-refractivity contribution in [3.8, 4) is 28.8 Å². The first-order valence-corrected chi connectivity index (χ1v) is 13.5. The first-order chi connectivity index (χ1) is 20.4. The van der Waals surface area contributed by atoms with Gasteiger partial charge >= 0.3 is 0 Å². The predicted octanol–water partition coefficient (Wildman–Crippen LogP) is 7.25. The van der Waals surface area contributed by atoms with Crippen molar-refractivity contribution >= 4 is 39.7 Å². The van der Waals surface area contributed by atoms with Gasteiger partial charge in [0.2, 0.25) is 5.82 Å². The van der Waals surface area contributed by atoms with Crippen LogP contribution in [0.15, 0.2) is 99.2 Å². The smallest absolute Gasteiger partial charge is 0.282 e. The topological polar surface area (TPSA) is 88.1 Å². The summed E-state index contributed by atoms with van der Waals surface area (Å²) in [5.74, 6) is 2.09. The molecule has 4 aromatic carbocycles. The Bertz CT molecular complexity index is 2030. The van der Waals surface area contributed by atoms with Gasteiger partial charge in [0.1, 0.15) is 17.9 Å². The zero-order valence-electron chi connectivity index (χ0n) is 23.1. The van der Waals surface area contributed by atoms with Gasteiger partial charge in [0, 0.05) is 16.7 Å². The second-order valence-electron chi connectivity index (χ2n) is 9.60. The highest BCUT2D eigenvalue weighted by Gasteiger charge is 2.19. The van der Waals surface area contributed by atoms with Crippen molar-refractivity contribution in [3.63, 3.8) is 0 Å². The molecule has 0 unspecified atom stereocenters. The van der Waals surface area contributed by atoms with Crippen molar-refractivity contribution in [2.24, 2.45) is 5.10 Å². The van der Waals surface area contributed by atoms with Gasteiger partial charge in [-0.1, -0.05) is 59.6 Å². The van der Waals surface area contributed by atoms with Crippen LogP contribution in [0.4, 0.5) is 0 Å². The van der Waals surface area contributed by atoms with Crippen LogP contribution in [0.5, 0.6) is 17.2 Å². The number of aromatic nitrogens is 2. The van der Waals surface area contributed by atoms with E-state index in [4.69, 9.17) is 35.2 Å². The Morgan fingerprint density at radius 1 is 0.929 bits per heavy atom. The maximum atomic E-state index is 13.8. The highest BCUT2D eigenvalue weighted by molar-refractivity contribution is 6.31. The predicted molar refractivity (Wildman–Crippen MR) is 164 cm³/mol. The minimum Gasteiger partial charge on any atom is -0.496 e. The van der Waals surface area contributed by atoms with Gasteiger partial charge in [0.05, 0.1) is 36.7 Å². The molecule has 6 aromatic rings. The number of para-hydroxylation sites is 1. The van der Waals surface area contributed by atoms with Crippen LogP contribution >= 0.6 is 11.6 Å². The fourth-order valence-electron chi connectivity index (χ4n) is 4.78. The Hall–Kier alpha value is -5.08. The summed E-state index contributed by atoms with van der Waals surface area (Å²) in [6, 6.07) is 25.8. The first kappa shape index (κ1) is 27.1. The van der Waals surface area contributed by atoms with Gasteiger partial charge in [-0.05, 0) is 48.9 Å². The summed E-state index contributed by atoms with van der Waals surface area (Å²) >= 11 is 6.43. The largest absolute Gasteiger partial charge is 0.496 e. The molecule has 9 heteroatoms. The van der Waals surface area contributed by atoms with Gasteiger partial charge in [0.25, 0.3) is 5.56 Å². The molecule has 0 atom stereocenters. The second kappa shape index (κ2) is 11.4. The van der Waals surface area contributed by atoms with Crippen molar-refractivity contribution in [2.75, 3.05) is 14.2 Å². The van der Waals surface area contributed by atoms with Gasteiger partial charge in [-0.3, -0.25) is 4.79 Å². The number of benzene rings is 4. The van der Waals surface area contributed by atoms with E-state index < -0.39 is 0 Å². The molecule has 42 heavy (non-hydrogen) atoms. The zero-order chi connectivity index (χ0) is 29.2. The summed E-state index contributed by atoms with van der Waals surface area (Å²) < 4.78 is 24.6. The number of ether oxygens (including phenoxy) is 3. The van der Waals surface area contributed by atoms with Crippen LogP contribution in [0.3, 0.4) is 0 Å². The summed E-state index contributed by atoms with van der Waals surface area (Å²) in [5.41, 5.74) is 3.38. The third-order valence-corrected chi connectivity index (χ3v) is 6.98. The number of fused-ring (bicyclic) bond motifs is 2. The van der Waals surface area contributed by atoms with Gasteiger partial charge in [0.15, 0.2) is 17.3 Å². The van der Waals surface area contributed by atoms with Crippen LogP contribution in [-0.4, -0.2) is 30.1 Å². The quantitative estimate of drug-likeness (QED) is 0.176. The lowest BCUT2D eigenvalue weighted by atomic mass is 10.1. The Labute approximate surface area is 246 Å². The number of furan rings is 1. The van der Waals surface area contributed by atoms with Crippen molar-refractivity contribution in [1.29, 1.82) is 0 Å². The van der Waals surface area contributed by atoms with Crippen molar-refractivity contribution in [1.82, 2.24) is 9.66 Å². The summed E-state index contributed by atoms with van der Waals surface area (Å²) in [5, 5.41) is 6.17. The molecule has 0 saturated carbocycles. The van der Waals surface area contributed by atoms with Crippen LogP contribution in [0.25, 0.3) is 33.5 Å². The van der Waals surface area contributed by atoms with Gasteiger partial charge < -0.3 is 18.6 Å². The summed E-state index contributed by atoms with van der Waals surface area (Å²) in [4.78, 5) is 18.5. The Morgan fingerprint density at radius 2 is 1.74 bits per heavy atom. The van der Waals surface area contributed by atoms with E-state index in [1.165, 1.54) is 18.0 Å². The standard InChI is InChI=1S/C33H26ClN3O5/c1-20-8-6-9-21(14-20)19-41-31-22(15-23(34)16-29(31)40-3)18-35-37-32(36-26-11-5-4-10-24(26)33(37)38)30-17-25-27(39-2)12-7-13-28(25)42-30/h4-18H,19H2,1-3H3. The SMILES string of the molecule is COc1cc(Cl)cc(C=Nn2c(-c3cc4c(OC)cccc4o3)nc3ccccc3c2=O)c1OCc1cccc(C)c1. The van der Waals surface area contributed by atoms with Crippen LogP contribution < -0.4 is 19.8 Å². The molecular formula is C33H26ClN3O5. The van der Waals surface area contributed by atoms with Crippen LogP contribution in [0.2, 0.25) is 5.02 Å². The monoisotopic (exact) mass is 579 g/mol. The van der Waals surface area contributed by atoms with Crippen LogP contribution in [0, 0.1) is 6.92 Å². The minimum atomic E-state index is -0.365. The average Bonchev–Trinajstić information content (AvgIpc) is 3.44. The molecule has 2 aromatic heterocycles. The molecule has 0 N–H and O–H groups in total. The van der Waals surface area contributed by atoms with E-state index in [1.807, 2.05) is 55.5 Å². The lowest BCUT2D eigenvalue weighted by molar-refractivity contribution is 0.284. The van der Waals surface area contributed by atoms with E-state index in [1.54, 1.807) is 43.5 Å². The van der Waals surface area contributed by atoms with E-state index in [-0.39, 0.29) is 11.4 Å². The van der Waals surface area contributed by atoms with Gasteiger partial charge in [-0.15, -0.1) is 0 Å². The summed E-state index contributed by atoms with van der Waals surface area (Å²) in [6.07, 6.45) is 1.50. The number of hydrogen-bond donors (Lipinski definition) is 0. The van der Waals surface area contributed by atoms with E-state index in [0.29, 0.717) is 56.7 Å². The third kappa shape index (κ3) is 5.20. The molecule has 6 rings (SSSR count). The molecule has 0 radical (unpaired) electrons. The molecule has 2 heterocycles. The first-order valence-electron chi connectivity index (χ1n) is 13.1. The summed E-state index contributed by atoms with van der Waals surface area (Å²) in [7, 11) is 3.13. The van der Waals surface area contributed by atoms with E-state index in [9.17, 15) is 4.79 Å². The lowest BCUT2D eigenvalue weighted by Gasteiger charge is -2.14. The molecule has 0 aliphatic carbocycles. The molecule has 0 fully saturated rings. The Balaban J connectivity index is 1.49. The molecule has 0 amide bonds. The normalized spacial score (nSPS) is 11.4. The lowest BCUT2D eigenvalue weighted by Crippen LogP contribution is -2.20. The number of aryl methyl sites for hydroxylation is 1. The van der Waals surface area contributed by atoms with Crippen molar-refractivity contribution in [2.45, 2.75) is 13.5 Å². The molecule has 8 nitrogen and oxygen atoms in total. The fourth-order valence-corrected chi connectivity index (χ4v) is 5.00. The molecule has 0 aliphatic rings.